The van der Waals surface area contributed by atoms with Gasteiger partial charge in [-0.3, -0.25) is 4.68 Å². The first-order valence-corrected chi connectivity index (χ1v) is 6.82. The SMILES string of the molecule is Cn1ncc2c(NCC3CCCCC3(F)F)ncnc21. The van der Waals surface area contributed by atoms with Gasteiger partial charge in [-0.15, -0.1) is 0 Å². The van der Waals surface area contributed by atoms with Crippen LogP contribution >= 0.6 is 0 Å². The average Bonchev–Trinajstić information content (AvgIpc) is 2.80. The molecule has 0 saturated heterocycles. The number of nitrogens with zero attached hydrogens (tertiary/aromatic N) is 4. The molecular weight excluding hydrogens is 264 g/mol. The smallest absolute Gasteiger partial charge is 0.252 e. The van der Waals surface area contributed by atoms with Gasteiger partial charge < -0.3 is 5.32 Å². The maximum absolute atomic E-state index is 13.8. The van der Waals surface area contributed by atoms with E-state index in [1.807, 2.05) is 0 Å². The van der Waals surface area contributed by atoms with Gasteiger partial charge in [0.2, 0.25) is 0 Å². The van der Waals surface area contributed by atoms with Crippen molar-refractivity contribution in [2.24, 2.45) is 13.0 Å². The van der Waals surface area contributed by atoms with Crippen LogP contribution in [0.5, 0.6) is 0 Å². The van der Waals surface area contributed by atoms with Gasteiger partial charge in [0.15, 0.2) is 5.65 Å². The van der Waals surface area contributed by atoms with Crippen LogP contribution in [0.3, 0.4) is 0 Å². The van der Waals surface area contributed by atoms with Gasteiger partial charge in [-0.1, -0.05) is 6.42 Å². The minimum absolute atomic E-state index is 0.00851. The summed E-state index contributed by atoms with van der Waals surface area (Å²) in [5.74, 6) is -2.63. The zero-order valence-electron chi connectivity index (χ0n) is 11.3. The van der Waals surface area contributed by atoms with Gasteiger partial charge in [-0.05, 0) is 12.8 Å². The van der Waals surface area contributed by atoms with Crippen molar-refractivity contribution in [2.75, 3.05) is 11.9 Å². The molecule has 1 aliphatic carbocycles. The largest absolute Gasteiger partial charge is 0.369 e. The maximum Gasteiger partial charge on any atom is 0.252 e. The van der Waals surface area contributed by atoms with Crippen molar-refractivity contribution in [3.05, 3.63) is 12.5 Å². The molecule has 0 spiro atoms. The van der Waals surface area contributed by atoms with Crippen LogP contribution < -0.4 is 5.32 Å². The molecule has 0 aromatic carbocycles. The predicted octanol–water partition coefficient (Wildman–Crippen LogP) is 2.60. The Morgan fingerprint density at radius 2 is 2.25 bits per heavy atom. The van der Waals surface area contributed by atoms with E-state index < -0.39 is 11.8 Å². The summed E-state index contributed by atoms with van der Waals surface area (Å²) in [6.07, 6.45) is 5.10. The van der Waals surface area contributed by atoms with Gasteiger partial charge >= 0.3 is 0 Å². The van der Waals surface area contributed by atoms with Crippen molar-refractivity contribution in [1.82, 2.24) is 19.7 Å². The quantitative estimate of drug-likeness (QED) is 0.939. The minimum Gasteiger partial charge on any atom is -0.369 e. The Labute approximate surface area is 115 Å². The first kappa shape index (κ1) is 13.2. The number of halogens is 2. The van der Waals surface area contributed by atoms with E-state index in [-0.39, 0.29) is 13.0 Å². The van der Waals surface area contributed by atoms with E-state index in [4.69, 9.17) is 0 Å². The first-order valence-electron chi connectivity index (χ1n) is 6.82. The Morgan fingerprint density at radius 1 is 1.40 bits per heavy atom. The van der Waals surface area contributed by atoms with E-state index >= 15 is 0 Å². The molecule has 1 fully saturated rings. The third kappa shape index (κ3) is 2.32. The summed E-state index contributed by atoms with van der Waals surface area (Å²) < 4.78 is 29.2. The summed E-state index contributed by atoms with van der Waals surface area (Å²) >= 11 is 0. The van der Waals surface area contributed by atoms with Gasteiger partial charge in [-0.2, -0.15) is 5.10 Å². The molecule has 108 valence electrons. The molecule has 7 heteroatoms. The Balaban J connectivity index is 1.77. The zero-order valence-corrected chi connectivity index (χ0v) is 11.3. The fourth-order valence-electron chi connectivity index (χ4n) is 2.74. The van der Waals surface area contributed by atoms with Crippen molar-refractivity contribution >= 4 is 16.9 Å². The normalized spacial score (nSPS) is 22.1. The summed E-state index contributed by atoms with van der Waals surface area (Å²) in [5.41, 5.74) is 0.693. The number of rotatable bonds is 3. The van der Waals surface area contributed by atoms with Gasteiger partial charge in [-0.25, -0.2) is 18.7 Å². The number of hydrogen-bond acceptors (Lipinski definition) is 4. The van der Waals surface area contributed by atoms with E-state index in [0.29, 0.717) is 24.3 Å². The van der Waals surface area contributed by atoms with Crippen molar-refractivity contribution in [2.45, 2.75) is 31.6 Å². The summed E-state index contributed by atoms with van der Waals surface area (Å²) in [6.45, 7) is 0.230. The molecule has 0 radical (unpaired) electrons. The van der Waals surface area contributed by atoms with Gasteiger partial charge in [0.05, 0.1) is 11.6 Å². The molecule has 2 aromatic rings. The predicted molar refractivity (Wildman–Crippen MR) is 71.7 cm³/mol. The number of aromatic nitrogens is 4. The van der Waals surface area contributed by atoms with Crippen molar-refractivity contribution in [3.63, 3.8) is 0 Å². The van der Waals surface area contributed by atoms with Gasteiger partial charge in [0.1, 0.15) is 12.1 Å². The highest BCUT2D eigenvalue weighted by Crippen LogP contribution is 2.38. The Bertz CT molecular complexity index is 610. The number of nitrogens with one attached hydrogen (secondary N) is 1. The second kappa shape index (κ2) is 4.96. The summed E-state index contributed by atoms with van der Waals surface area (Å²) in [4.78, 5) is 8.26. The van der Waals surface area contributed by atoms with Crippen molar-refractivity contribution in [1.29, 1.82) is 0 Å². The summed E-state index contributed by atoms with van der Waals surface area (Å²) in [7, 11) is 1.79. The third-order valence-corrected chi connectivity index (χ3v) is 3.96. The molecular formula is C13H17F2N5. The van der Waals surface area contributed by atoms with E-state index in [2.05, 4.69) is 20.4 Å². The molecule has 1 aliphatic rings. The number of fused-ring (bicyclic) bond motifs is 1. The van der Waals surface area contributed by atoms with Crippen molar-refractivity contribution in [3.8, 4) is 0 Å². The maximum atomic E-state index is 13.8. The molecule has 1 saturated carbocycles. The minimum atomic E-state index is -2.58. The molecule has 0 aliphatic heterocycles. The van der Waals surface area contributed by atoms with Gasteiger partial charge in [0, 0.05) is 25.9 Å². The molecule has 1 unspecified atom stereocenters. The summed E-state index contributed by atoms with van der Waals surface area (Å²) in [5, 5.41) is 7.91. The van der Waals surface area contributed by atoms with E-state index in [1.165, 1.54) is 6.33 Å². The summed E-state index contributed by atoms with van der Waals surface area (Å²) in [6, 6.07) is 0. The van der Waals surface area contributed by atoms with Crippen molar-refractivity contribution < 1.29 is 8.78 Å². The number of anilines is 1. The van der Waals surface area contributed by atoms with Crippen LogP contribution in [0.1, 0.15) is 25.7 Å². The Kier molecular flexibility index (Phi) is 3.27. The fourth-order valence-corrected chi connectivity index (χ4v) is 2.74. The van der Waals surface area contributed by atoms with Crippen LogP contribution in [0, 0.1) is 5.92 Å². The van der Waals surface area contributed by atoms with Crippen LogP contribution in [0.2, 0.25) is 0 Å². The lowest BCUT2D eigenvalue weighted by Gasteiger charge is -2.31. The standard InChI is InChI=1S/C13H17F2N5/c1-20-12-10(7-19-20)11(17-8-18-12)16-6-9-4-2-3-5-13(9,14)15/h7-9H,2-6H2,1H3,(H,16,17,18). The van der Waals surface area contributed by atoms with Crippen LogP contribution in [0.4, 0.5) is 14.6 Å². The molecule has 0 amide bonds. The second-order valence-electron chi connectivity index (χ2n) is 5.31. The Hall–Kier alpha value is -1.79. The van der Waals surface area contributed by atoms with Crippen LogP contribution in [-0.2, 0) is 7.05 Å². The van der Waals surface area contributed by atoms with Crippen LogP contribution in [-0.4, -0.2) is 32.2 Å². The molecule has 5 nitrogen and oxygen atoms in total. The highest BCUT2D eigenvalue weighted by molar-refractivity contribution is 5.85. The van der Waals surface area contributed by atoms with Gasteiger partial charge in [0.25, 0.3) is 5.92 Å². The number of hydrogen-bond donors (Lipinski definition) is 1. The molecule has 1 atom stereocenters. The monoisotopic (exact) mass is 281 g/mol. The molecule has 0 bridgehead atoms. The molecule has 20 heavy (non-hydrogen) atoms. The average molecular weight is 281 g/mol. The molecule has 3 rings (SSSR count). The lowest BCUT2D eigenvalue weighted by Crippen LogP contribution is -2.36. The first-order chi connectivity index (χ1) is 9.58. The highest BCUT2D eigenvalue weighted by Gasteiger charge is 2.41. The van der Waals surface area contributed by atoms with Crippen LogP contribution in [0.15, 0.2) is 12.5 Å². The van der Waals surface area contributed by atoms with E-state index in [0.717, 1.165) is 11.8 Å². The lowest BCUT2D eigenvalue weighted by atomic mass is 9.85. The topological polar surface area (TPSA) is 55.6 Å². The molecule has 2 heterocycles. The highest BCUT2D eigenvalue weighted by atomic mass is 19.3. The Morgan fingerprint density at radius 3 is 3.05 bits per heavy atom. The zero-order chi connectivity index (χ0) is 14.2. The van der Waals surface area contributed by atoms with Crippen LogP contribution in [0.25, 0.3) is 11.0 Å². The molecule has 2 aromatic heterocycles. The van der Waals surface area contributed by atoms with E-state index in [1.54, 1.807) is 17.9 Å². The fraction of sp³-hybridized carbons (Fsp3) is 0.615. The number of aryl methyl sites for hydroxylation is 1. The molecule has 1 N–H and O–H groups in total. The van der Waals surface area contributed by atoms with E-state index in [9.17, 15) is 8.78 Å². The second-order valence-corrected chi connectivity index (χ2v) is 5.31. The third-order valence-electron chi connectivity index (χ3n) is 3.96. The number of alkyl halides is 2. The lowest BCUT2D eigenvalue weighted by molar-refractivity contribution is -0.0802.